The van der Waals surface area contributed by atoms with Gasteiger partial charge in [-0.05, 0) is 67.4 Å². The Labute approximate surface area is 228 Å². The molecular formula is C26H26BrN5O5S. The number of nitrogens with two attached hydrogens (primary N) is 1. The van der Waals surface area contributed by atoms with Crippen molar-refractivity contribution in [1.29, 1.82) is 0 Å². The van der Waals surface area contributed by atoms with Gasteiger partial charge in [0.25, 0.3) is 0 Å². The third kappa shape index (κ3) is 7.18. The number of ether oxygens (including phenoxy) is 2. The van der Waals surface area contributed by atoms with Crippen LogP contribution in [0.3, 0.4) is 0 Å². The number of rotatable bonds is 11. The molecule has 12 heteroatoms. The smallest absolute Gasteiger partial charge is 0.238 e. The molecule has 0 aliphatic heterocycles. The van der Waals surface area contributed by atoms with Crippen molar-refractivity contribution in [2.75, 3.05) is 24.4 Å². The Kier molecular flexibility index (Phi) is 8.77. The maximum Gasteiger partial charge on any atom is 0.238 e. The van der Waals surface area contributed by atoms with E-state index in [-0.39, 0.29) is 17.2 Å². The number of hydrogen-bond donors (Lipinski definition) is 3. The Morgan fingerprint density at radius 1 is 0.974 bits per heavy atom. The van der Waals surface area contributed by atoms with E-state index in [1.807, 2.05) is 30.3 Å². The highest BCUT2D eigenvalue weighted by molar-refractivity contribution is 9.10. The fourth-order valence-electron chi connectivity index (χ4n) is 3.63. The zero-order valence-electron chi connectivity index (χ0n) is 20.5. The van der Waals surface area contributed by atoms with Gasteiger partial charge < -0.3 is 20.1 Å². The summed E-state index contributed by atoms with van der Waals surface area (Å²) in [6, 6.07) is 17.1. The maximum atomic E-state index is 12.2. The van der Waals surface area contributed by atoms with Crippen LogP contribution < -0.4 is 25.2 Å². The molecule has 0 unspecified atom stereocenters. The number of primary sulfonamides is 1. The Morgan fingerprint density at radius 2 is 1.68 bits per heavy atom. The molecule has 4 aromatic rings. The Bertz CT molecular complexity index is 1530. The van der Waals surface area contributed by atoms with Gasteiger partial charge in [0, 0.05) is 33.7 Å². The predicted octanol–water partition coefficient (Wildman–Crippen LogP) is 4.98. The molecule has 38 heavy (non-hydrogen) atoms. The third-order valence-electron chi connectivity index (χ3n) is 5.55. The lowest BCUT2D eigenvalue weighted by Crippen LogP contribution is -2.13. The maximum absolute atomic E-state index is 12.2. The van der Waals surface area contributed by atoms with E-state index in [0.717, 1.165) is 15.5 Å². The number of nitrogens with one attached hydrogen (secondary N) is 2. The number of fused-ring (bicyclic) bond motifs is 1. The number of unbranched alkanes of at least 4 members (excludes halogenated alkanes) is 1. The van der Waals surface area contributed by atoms with Gasteiger partial charge in [-0.25, -0.2) is 23.5 Å². The summed E-state index contributed by atoms with van der Waals surface area (Å²) in [7, 11) is -2.21. The largest absolute Gasteiger partial charge is 0.493 e. The van der Waals surface area contributed by atoms with E-state index in [0.29, 0.717) is 48.0 Å². The number of hydrogen-bond acceptors (Lipinski definition) is 8. The Balaban J connectivity index is 1.33. The summed E-state index contributed by atoms with van der Waals surface area (Å²) in [5.74, 6) is 1.55. The average Bonchev–Trinajstić information content (AvgIpc) is 2.89. The van der Waals surface area contributed by atoms with Crippen molar-refractivity contribution in [3.63, 3.8) is 0 Å². The second-order valence-electron chi connectivity index (χ2n) is 8.30. The highest BCUT2D eigenvalue weighted by Crippen LogP contribution is 2.35. The normalized spacial score (nSPS) is 11.2. The minimum absolute atomic E-state index is 0.0143. The van der Waals surface area contributed by atoms with Crippen LogP contribution in [-0.4, -0.2) is 38.0 Å². The van der Waals surface area contributed by atoms with Crippen molar-refractivity contribution < 1.29 is 22.7 Å². The van der Waals surface area contributed by atoms with E-state index in [4.69, 9.17) is 14.6 Å². The number of methoxy groups -OCH3 is 1. The van der Waals surface area contributed by atoms with Crippen LogP contribution in [0.2, 0.25) is 0 Å². The number of aromatic nitrogens is 2. The van der Waals surface area contributed by atoms with E-state index in [1.54, 1.807) is 13.2 Å². The lowest BCUT2D eigenvalue weighted by Gasteiger charge is -2.14. The lowest BCUT2D eigenvalue weighted by molar-refractivity contribution is -0.116. The first kappa shape index (κ1) is 27.3. The summed E-state index contributed by atoms with van der Waals surface area (Å²) in [6.07, 6.45) is 3.00. The molecule has 198 valence electrons. The number of benzene rings is 3. The van der Waals surface area contributed by atoms with Crippen molar-refractivity contribution in [1.82, 2.24) is 9.97 Å². The van der Waals surface area contributed by atoms with E-state index >= 15 is 0 Å². The van der Waals surface area contributed by atoms with Gasteiger partial charge in [-0.1, -0.05) is 15.9 Å². The van der Waals surface area contributed by atoms with Gasteiger partial charge in [0.15, 0.2) is 11.5 Å². The summed E-state index contributed by atoms with van der Waals surface area (Å²) in [6.45, 7) is 0.376. The van der Waals surface area contributed by atoms with E-state index in [1.165, 1.54) is 30.6 Å². The fourth-order valence-corrected chi connectivity index (χ4v) is 4.41. The molecule has 0 radical (unpaired) electrons. The first-order chi connectivity index (χ1) is 18.2. The van der Waals surface area contributed by atoms with Gasteiger partial charge in [-0.3, -0.25) is 4.79 Å². The molecule has 1 amide bonds. The van der Waals surface area contributed by atoms with Gasteiger partial charge in [-0.2, -0.15) is 0 Å². The quantitative estimate of drug-likeness (QED) is 0.205. The van der Waals surface area contributed by atoms with Crippen molar-refractivity contribution in [3.8, 4) is 11.5 Å². The molecule has 1 heterocycles. The lowest BCUT2D eigenvalue weighted by atomic mass is 10.2. The fraction of sp³-hybridized carbons (Fsp3) is 0.192. The molecule has 0 aliphatic rings. The van der Waals surface area contributed by atoms with Gasteiger partial charge in [0.2, 0.25) is 15.9 Å². The van der Waals surface area contributed by atoms with Crippen molar-refractivity contribution >= 4 is 60.0 Å². The number of carbonyl (C=O) groups excluding carboxylic acids is 1. The molecule has 0 fully saturated rings. The van der Waals surface area contributed by atoms with E-state index < -0.39 is 10.0 Å². The van der Waals surface area contributed by atoms with Gasteiger partial charge in [0.05, 0.1) is 24.1 Å². The van der Waals surface area contributed by atoms with E-state index in [9.17, 15) is 13.2 Å². The molecule has 4 N–H and O–H groups in total. The summed E-state index contributed by atoms with van der Waals surface area (Å²) in [5.41, 5.74) is 2.08. The van der Waals surface area contributed by atoms with Crippen LogP contribution in [0, 0.1) is 0 Å². The van der Waals surface area contributed by atoms with Crippen molar-refractivity contribution in [2.24, 2.45) is 5.14 Å². The highest BCUT2D eigenvalue weighted by Gasteiger charge is 2.13. The molecule has 0 saturated heterocycles. The highest BCUT2D eigenvalue weighted by atomic mass is 79.9. The molecule has 0 saturated carbocycles. The molecule has 0 bridgehead atoms. The Morgan fingerprint density at radius 3 is 2.37 bits per heavy atom. The zero-order chi connectivity index (χ0) is 27.1. The first-order valence-corrected chi connectivity index (χ1v) is 14.0. The molecule has 0 spiro atoms. The van der Waals surface area contributed by atoms with Crippen LogP contribution in [0.15, 0.2) is 76.4 Å². The predicted molar refractivity (Wildman–Crippen MR) is 149 cm³/mol. The van der Waals surface area contributed by atoms with E-state index in [2.05, 4.69) is 36.5 Å². The molecule has 3 aromatic carbocycles. The summed E-state index contributed by atoms with van der Waals surface area (Å²) < 4.78 is 35.1. The monoisotopic (exact) mass is 599 g/mol. The number of nitrogens with zero attached hydrogens (tertiary/aromatic N) is 2. The molecular weight excluding hydrogens is 574 g/mol. The molecule has 10 nitrogen and oxygen atoms in total. The first-order valence-electron chi connectivity index (χ1n) is 11.6. The summed E-state index contributed by atoms with van der Waals surface area (Å²) >= 11 is 3.43. The minimum atomic E-state index is -3.77. The molecule has 0 atom stereocenters. The van der Waals surface area contributed by atoms with Crippen LogP contribution >= 0.6 is 15.9 Å². The van der Waals surface area contributed by atoms with Crippen LogP contribution in [0.1, 0.15) is 19.3 Å². The Hall–Kier alpha value is -3.74. The number of halogens is 1. The number of carbonyl (C=O) groups is 1. The number of anilines is 3. The molecule has 4 rings (SSSR count). The summed E-state index contributed by atoms with van der Waals surface area (Å²) in [5, 5.41) is 11.9. The van der Waals surface area contributed by atoms with Crippen LogP contribution in [0.25, 0.3) is 10.9 Å². The standard InChI is InChI=1S/C26H26BrN5O5S/c1-36-23-15-22-21(26(30-16-29-22)32-19-7-5-17(27)6-8-19)14-24(23)37-13-3-2-4-25(33)31-18-9-11-20(12-10-18)38(28,34)35/h5-12,14-16H,2-4,13H2,1H3,(H,31,33)(H2,28,34,35)(H,29,30,32). The zero-order valence-corrected chi connectivity index (χ0v) is 22.9. The molecule has 1 aromatic heterocycles. The van der Waals surface area contributed by atoms with Gasteiger partial charge >= 0.3 is 0 Å². The topological polar surface area (TPSA) is 146 Å². The molecule has 0 aliphatic carbocycles. The number of amides is 1. The van der Waals surface area contributed by atoms with Crippen molar-refractivity contribution in [3.05, 3.63) is 71.5 Å². The second-order valence-corrected chi connectivity index (χ2v) is 10.8. The number of sulfonamides is 1. The average molecular weight is 600 g/mol. The minimum Gasteiger partial charge on any atom is -0.493 e. The van der Waals surface area contributed by atoms with Crippen molar-refractivity contribution in [2.45, 2.75) is 24.2 Å². The second kappa shape index (κ2) is 12.2. The van der Waals surface area contributed by atoms with Crippen LogP contribution in [-0.2, 0) is 14.8 Å². The van der Waals surface area contributed by atoms with Crippen LogP contribution in [0.5, 0.6) is 11.5 Å². The van der Waals surface area contributed by atoms with Gasteiger partial charge in [-0.15, -0.1) is 0 Å². The van der Waals surface area contributed by atoms with Crippen LogP contribution in [0.4, 0.5) is 17.2 Å². The van der Waals surface area contributed by atoms with Gasteiger partial charge in [0.1, 0.15) is 12.1 Å². The summed E-state index contributed by atoms with van der Waals surface area (Å²) in [4.78, 5) is 21.0. The SMILES string of the molecule is COc1cc2ncnc(Nc3ccc(Br)cc3)c2cc1OCCCCC(=O)Nc1ccc(S(N)(=O)=O)cc1. The third-order valence-corrected chi connectivity index (χ3v) is 7.01.